The van der Waals surface area contributed by atoms with Crippen LogP contribution >= 0.6 is 0 Å². The van der Waals surface area contributed by atoms with Gasteiger partial charge in [-0.05, 0) is 55.3 Å². The van der Waals surface area contributed by atoms with Gasteiger partial charge in [0.25, 0.3) is 0 Å². The van der Waals surface area contributed by atoms with Crippen molar-refractivity contribution in [3.8, 4) is 5.69 Å². The van der Waals surface area contributed by atoms with Crippen LogP contribution < -0.4 is 0 Å². The SMILES string of the molecule is CCc1ccc(N=Cc2ccc(C)n2-c2ccccc2)cc1. The van der Waals surface area contributed by atoms with E-state index >= 15 is 0 Å². The number of nitrogens with zero attached hydrogens (tertiary/aromatic N) is 2. The second-order valence-electron chi connectivity index (χ2n) is 5.35. The van der Waals surface area contributed by atoms with Crippen LogP contribution in [-0.4, -0.2) is 10.8 Å². The zero-order valence-electron chi connectivity index (χ0n) is 13.0. The molecule has 0 saturated carbocycles. The molecule has 0 amide bonds. The standard InChI is InChI=1S/C20H20N2/c1-3-17-10-12-18(13-11-17)21-15-20-14-9-16(2)22(20)19-7-5-4-6-8-19/h4-15H,3H2,1-2H3. The Morgan fingerprint density at radius 2 is 1.64 bits per heavy atom. The van der Waals surface area contributed by atoms with Crippen molar-refractivity contribution in [2.24, 2.45) is 4.99 Å². The number of benzene rings is 2. The molecule has 110 valence electrons. The summed E-state index contributed by atoms with van der Waals surface area (Å²) in [6.45, 7) is 4.27. The van der Waals surface area contributed by atoms with Crippen LogP contribution in [0.4, 0.5) is 5.69 Å². The Balaban J connectivity index is 1.91. The topological polar surface area (TPSA) is 17.3 Å². The summed E-state index contributed by atoms with van der Waals surface area (Å²) >= 11 is 0. The third-order valence-electron chi connectivity index (χ3n) is 3.81. The van der Waals surface area contributed by atoms with Crippen molar-refractivity contribution in [1.29, 1.82) is 0 Å². The van der Waals surface area contributed by atoms with Crippen LogP contribution in [0.25, 0.3) is 5.69 Å². The van der Waals surface area contributed by atoms with E-state index in [0.717, 1.165) is 23.5 Å². The number of hydrogen-bond donors (Lipinski definition) is 0. The summed E-state index contributed by atoms with van der Waals surface area (Å²) in [5.74, 6) is 0. The smallest absolute Gasteiger partial charge is 0.0641 e. The number of aryl methyl sites for hydroxylation is 2. The Morgan fingerprint density at radius 3 is 2.32 bits per heavy atom. The number of hydrogen-bond acceptors (Lipinski definition) is 1. The summed E-state index contributed by atoms with van der Waals surface area (Å²) in [6, 6.07) is 23.0. The first-order chi connectivity index (χ1) is 10.8. The van der Waals surface area contributed by atoms with Gasteiger partial charge in [-0.3, -0.25) is 4.99 Å². The van der Waals surface area contributed by atoms with Crippen LogP contribution in [0.3, 0.4) is 0 Å². The van der Waals surface area contributed by atoms with Gasteiger partial charge in [0.1, 0.15) is 0 Å². The molecule has 0 aliphatic heterocycles. The second kappa shape index (κ2) is 6.44. The molecular formula is C20H20N2. The van der Waals surface area contributed by atoms with Crippen molar-refractivity contribution >= 4 is 11.9 Å². The Kier molecular flexibility index (Phi) is 4.19. The van der Waals surface area contributed by atoms with Gasteiger partial charge in [-0.15, -0.1) is 0 Å². The van der Waals surface area contributed by atoms with Gasteiger partial charge in [0.2, 0.25) is 0 Å². The molecule has 2 nitrogen and oxygen atoms in total. The number of aliphatic imine (C=N–C) groups is 1. The fraction of sp³-hybridized carbons (Fsp3) is 0.150. The fourth-order valence-corrected chi connectivity index (χ4v) is 2.55. The van der Waals surface area contributed by atoms with Crippen LogP contribution in [0.5, 0.6) is 0 Å². The maximum atomic E-state index is 4.61. The van der Waals surface area contributed by atoms with Gasteiger partial charge in [0, 0.05) is 11.4 Å². The largest absolute Gasteiger partial charge is 0.313 e. The van der Waals surface area contributed by atoms with Crippen molar-refractivity contribution < 1.29 is 0 Å². The molecule has 0 atom stereocenters. The first-order valence-corrected chi connectivity index (χ1v) is 7.64. The average Bonchev–Trinajstić information content (AvgIpc) is 2.95. The summed E-state index contributed by atoms with van der Waals surface area (Å²) in [7, 11) is 0. The highest BCUT2D eigenvalue weighted by Crippen LogP contribution is 2.17. The van der Waals surface area contributed by atoms with Gasteiger partial charge in [-0.2, -0.15) is 0 Å². The number of rotatable bonds is 4. The van der Waals surface area contributed by atoms with Crippen molar-refractivity contribution in [2.75, 3.05) is 0 Å². The molecule has 0 spiro atoms. The molecule has 3 rings (SSSR count). The highest BCUT2D eigenvalue weighted by atomic mass is 15.0. The molecule has 0 unspecified atom stereocenters. The molecule has 0 fully saturated rings. The summed E-state index contributed by atoms with van der Waals surface area (Å²) in [6.07, 6.45) is 2.99. The maximum absolute atomic E-state index is 4.61. The van der Waals surface area contributed by atoms with E-state index in [1.54, 1.807) is 0 Å². The van der Waals surface area contributed by atoms with Crippen molar-refractivity contribution in [3.63, 3.8) is 0 Å². The Morgan fingerprint density at radius 1 is 0.909 bits per heavy atom. The van der Waals surface area contributed by atoms with Gasteiger partial charge in [-0.25, -0.2) is 0 Å². The second-order valence-corrected chi connectivity index (χ2v) is 5.35. The van der Waals surface area contributed by atoms with Crippen molar-refractivity contribution in [3.05, 3.63) is 83.7 Å². The van der Waals surface area contributed by atoms with Crippen molar-refractivity contribution in [1.82, 2.24) is 4.57 Å². The summed E-state index contributed by atoms with van der Waals surface area (Å²) in [4.78, 5) is 4.61. The fourth-order valence-electron chi connectivity index (χ4n) is 2.55. The lowest BCUT2D eigenvalue weighted by Gasteiger charge is -2.08. The van der Waals surface area contributed by atoms with E-state index in [1.807, 2.05) is 12.3 Å². The van der Waals surface area contributed by atoms with Gasteiger partial charge >= 0.3 is 0 Å². The lowest BCUT2D eigenvalue weighted by atomic mass is 10.1. The zero-order chi connectivity index (χ0) is 15.4. The summed E-state index contributed by atoms with van der Waals surface area (Å²) in [5.41, 5.74) is 5.77. The van der Waals surface area contributed by atoms with E-state index in [2.05, 4.69) is 84.1 Å². The van der Waals surface area contributed by atoms with Gasteiger partial charge in [0.05, 0.1) is 17.6 Å². The molecule has 1 heterocycles. The first kappa shape index (κ1) is 14.3. The third kappa shape index (κ3) is 3.01. The monoisotopic (exact) mass is 288 g/mol. The molecule has 0 radical (unpaired) electrons. The Bertz CT molecular complexity index is 765. The summed E-state index contributed by atoms with van der Waals surface area (Å²) in [5, 5.41) is 0. The normalized spacial score (nSPS) is 11.2. The van der Waals surface area contributed by atoms with E-state index in [1.165, 1.54) is 11.3 Å². The van der Waals surface area contributed by atoms with E-state index in [-0.39, 0.29) is 0 Å². The lowest BCUT2D eigenvalue weighted by molar-refractivity contribution is 1.01. The summed E-state index contributed by atoms with van der Waals surface area (Å²) < 4.78 is 2.21. The molecule has 0 aliphatic carbocycles. The first-order valence-electron chi connectivity index (χ1n) is 7.64. The zero-order valence-corrected chi connectivity index (χ0v) is 13.0. The number of aromatic nitrogens is 1. The van der Waals surface area contributed by atoms with E-state index in [9.17, 15) is 0 Å². The van der Waals surface area contributed by atoms with Crippen LogP contribution in [0.2, 0.25) is 0 Å². The average molecular weight is 288 g/mol. The number of para-hydroxylation sites is 1. The molecule has 3 aromatic rings. The highest BCUT2D eigenvalue weighted by Gasteiger charge is 2.04. The van der Waals surface area contributed by atoms with Crippen LogP contribution in [0, 0.1) is 6.92 Å². The van der Waals surface area contributed by atoms with E-state index in [4.69, 9.17) is 0 Å². The Hall–Kier alpha value is -2.61. The maximum Gasteiger partial charge on any atom is 0.0641 e. The predicted octanol–water partition coefficient (Wildman–Crippen LogP) is 5.10. The highest BCUT2D eigenvalue weighted by molar-refractivity contribution is 5.81. The molecule has 0 bridgehead atoms. The van der Waals surface area contributed by atoms with Crippen molar-refractivity contribution in [2.45, 2.75) is 20.3 Å². The third-order valence-corrected chi connectivity index (χ3v) is 3.81. The van der Waals surface area contributed by atoms with Crippen LogP contribution in [0.15, 0.2) is 71.7 Å². The van der Waals surface area contributed by atoms with Gasteiger partial charge < -0.3 is 4.57 Å². The Labute approximate surface area is 131 Å². The molecule has 0 N–H and O–H groups in total. The molecule has 22 heavy (non-hydrogen) atoms. The minimum atomic E-state index is 0.982. The molecule has 1 aromatic heterocycles. The van der Waals surface area contributed by atoms with Crippen LogP contribution in [0.1, 0.15) is 23.9 Å². The molecular weight excluding hydrogens is 268 g/mol. The minimum Gasteiger partial charge on any atom is -0.313 e. The molecule has 0 aliphatic rings. The lowest BCUT2D eigenvalue weighted by Crippen LogP contribution is -2.00. The van der Waals surface area contributed by atoms with Gasteiger partial charge in [0.15, 0.2) is 0 Å². The van der Waals surface area contributed by atoms with E-state index < -0.39 is 0 Å². The van der Waals surface area contributed by atoms with Crippen LogP contribution in [-0.2, 0) is 6.42 Å². The minimum absolute atomic E-state index is 0.982. The quantitative estimate of drug-likeness (QED) is 0.594. The molecule has 0 saturated heterocycles. The van der Waals surface area contributed by atoms with Gasteiger partial charge in [-0.1, -0.05) is 37.3 Å². The predicted molar refractivity (Wildman–Crippen MR) is 93.6 cm³/mol. The molecule has 2 aromatic carbocycles. The van der Waals surface area contributed by atoms with E-state index in [0.29, 0.717) is 0 Å². The molecule has 2 heteroatoms.